The third-order valence-corrected chi connectivity index (χ3v) is 7.37. The summed E-state index contributed by atoms with van der Waals surface area (Å²) in [4.78, 5) is 53.7. The van der Waals surface area contributed by atoms with Crippen LogP contribution >= 0.6 is 0 Å². The number of rotatable bonds is 8. The molecule has 0 saturated carbocycles. The third-order valence-electron chi connectivity index (χ3n) is 7.37. The number of carbonyl (C=O) groups is 4. The van der Waals surface area contributed by atoms with E-state index in [1.54, 1.807) is 0 Å². The lowest BCUT2D eigenvalue weighted by atomic mass is 9.86. The Morgan fingerprint density at radius 3 is 2.31 bits per heavy atom. The van der Waals surface area contributed by atoms with Crippen molar-refractivity contribution in [2.75, 3.05) is 18.0 Å². The Bertz CT molecular complexity index is 1340. The van der Waals surface area contributed by atoms with Gasteiger partial charge in [0.1, 0.15) is 18.6 Å². The normalized spacial score (nSPS) is 20.5. The first-order chi connectivity index (χ1) is 19.0. The van der Waals surface area contributed by atoms with E-state index in [1.807, 2.05) is 84.9 Å². The highest BCUT2D eigenvalue weighted by Gasteiger charge is 2.41. The molecule has 3 aromatic carbocycles. The van der Waals surface area contributed by atoms with Crippen molar-refractivity contribution in [3.05, 3.63) is 102 Å². The highest BCUT2D eigenvalue weighted by Crippen LogP contribution is 2.35. The van der Waals surface area contributed by atoms with Gasteiger partial charge in [-0.15, -0.1) is 0 Å². The molecule has 39 heavy (non-hydrogen) atoms. The van der Waals surface area contributed by atoms with Crippen molar-refractivity contribution in [3.8, 4) is 0 Å². The molecule has 1 saturated heterocycles. The van der Waals surface area contributed by atoms with Crippen LogP contribution in [0.1, 0.15) is 35.4 Å². The zero-order valence-electron chi connectivity index (χ0n) is 21.6. The predicted molar refractivity (Wildman–Crippen MR) is 148 cm³/mol. The monoisotopic (exact) mass is 524 g/mol. The van der Waals surface area contributed by atoms with E-state index in [9.17, 15) is 19.2 Å². The Balaban J connectivity index is 1.40. The summed E-state index contributed by atoms with van der Waals surface area (Å²) < 4.78 is 0. The maximum Gasteiger partial charge on any atom is 0.250 e. The number of fused-ring (bicyclic) bond motifs is 1. The summed E-state index contributed by atoms with van der Waals surface area (Å²) in [5, 5.41) is 8.56. The quantitative estimate of drug-likeness (QED) is 0.421. The fourth-order valence-corrected chi connectivity index (χ4v) is 5.35. The van der Waals surface area contributed by atoms with Gasteiger partial charge in [0.25, 0.3) is 5.91 Å². The van der Waals surface area contributed by atoms with Gasteiger partial charge < -0.3 is 20.9 Å². The number of hydrogen-bond donors (Lipinski definition) is 3. The topological polar surface area (TPSA) is 108 Å². The van der Waals surface area contributed by atoms with Gasteiger partial charge in [0.15, 0.2) is 0 Å². The summed E-state index contributed by atoms with van der Waals surface area (Å²) in [6.07, 6.45) is 1.84. The molecule has 3 N–H and O–H groups in total. The molecular weight excluding hydrogens is 492 g/mol. The van der Waals surface area contributed by atoms with Crippen LogP contribution in [-0.2, 0) is 32.0 Å². The zero-order valence-corrected chi connectivity index (χ0v) is 21.6. The van der Waals surface area contributed by atoms with Crippen LogP contribution in [0.25, 0.3) is 0 Å². The second kappa shape index (κ2) is 11.9. The minimum absolute atomic E-state index is 0.168. The summed E-state index contributed by atoms with van der Waals surface area (Å²) in [5.74, 6) is -1.56. The number of hydrogen-bond acceptors (Lipinski definition) is 4. The minimum Gasteiger partial charge on any atom is -0.354 e. The molecule has 2 heterocycles. The molecule has 5 rings (SSSR count). The summed E-state index contributed by atoms with van der Waals surface area (Å²) in [6, 6.07) is 25.4. The van der Waals surface area contributed by atoms with E-state index in [-0.39, 0.29) is 36.6 Å². The average molecular weight is 525 g/mol. The molecule has 2 aliphatic rings. The number of benzene rings is 3. The van der Waals surface area contributed by atoms with Crippen LogP contribution in [0.2, 0.25) is 0 Å². The van der Waals surface area contributed by atoms with Crippen LogP contribution in [0.3, 0.4) is 0 Å². The highest BCUT2D eigenvalue weighted by molar-refractivity contribution is 6.05. The van der Waals surface area contributed by atoms with Gasteiger partial charge in [-0.3, -0.25) is 19.2 Å². The first kappa shape index (κ1) is 26.2. The summed E-state index contributed by atoms with van der Waals surface area (Å²) in [7, 11) is 0. The first-order valence-electron chi connectivity index (χ1n) is 13.3. The Kier molecular flexibility index (Phi) is 8.01. The lowest BCUT2D eigenvalue weighted by Gasteiger charge is -2.30. The molecule has 0 bridgehead atoms. The molecule has 0 radical (unpaired) electrons. The van der Waals surface area contributed by atoms with Crippen molar-refractivity contribution in [1.29, 1.82) is 0 Å². The predicted octanol–water partition coefficient (Wildman–Crippen LogP) is 2.48. The van der Waals surface area contributed by atoms with Crippen molar-refractivity contribution in [2.24, 2.45) is 0 Å². The molecule has 0 unspecified atom stereocenters. The van der Waals surface area contributed by atoms with Crippen molar-refractivity contribution in [2.45, 2.75) is 43.7 Å². The van der Waals surface area contributed by atoms with Gasteiger partial charge in [-0.25, -0.2) is 0 Å². The van der Waals surface area contributed by atoms with Gasteiger partial charge in [0.2, 0.25) is 17.7 Å². The van der Waals surface area contributed by atoms with Crippen LogP contribution in [0.15, 0.2) is 84.9 Å². The number of para-hydroxylation sites is 1. The lowest BCUT2D eigenvalue weighted by molar-refractivity contribution is -0.130. The van der Waals surface area contributed by atoms with E-state index in [4.69, 9.17) is 0 Å². The van der Waals surface area contributed by atoms with Gasteiger partial charge in [0, 0.05) is 24.6 Å². The average Bonchev–Trinajstić information content (AvgIpc) is 3.36. The zero-order chi connectivity index (χ0) is 27.2. The third kappa shape index (κ3) is 6.17. The van der Waals surface area contributed by atoms with E-state index in [0.717, 1.165) is 16.7 Å². The molecule has 8 heteroatoms. The maximum absolute atomic E-state index is 14.2. The molecule has 3 aromatic rings. The van der Waals surface area contributed by atoms with Gasteiger partial charge in [-0.05, 0) is 42.0 Å². The number of carbonyl (C=O) groups excluding carboxylic acids is 4. The van der Waals surface area contributed by atoms with Crippen molar-refractivity contribution in [3.63, 3.8) is 0 Å². The van der Waals surface area contributed by atoms with E-state index in [1.165, 1.54) is 4.90 Å². The summed E-state index contributed by atoms with van der Waals surface area (Å²) in [5.41, 5.74) is 3.60. The molecule has 2 aliphatic heterocycles. The molecule has 1 fully saturated rings. The molecule has 8 nitrogen and oxygen atoms in total. The molecule has 3 atom stereocenters. The van der Waals surface area contributed by atoms with Gasteiger partial charge in [-0.1, -0.05) is 78.9 Å². The number of nitrogens with zero attached hydrogens (tertiary/aromatic N) is 1. The van der Waals surface area contributed by atoms with Crippen molar-refractivity contribution >= 4 is 29.3 Å². The van der Waals surface area contributed by atoms with E-state index in [0.29, 0.717) is 31.5 Å². The van der Waals surface area contributed by atoms with E-state index in [2.05, 4.69) is 16.0 Å². The largest absolute Gasteiger partial charge is 0.354 e. The summed E-state index contributed by atoms with van der Waals surface area (Å²) in [6.45, 7) is 0.277. The molecule has 200 valence electrons. The van der Waals surface area contributed by atoms with Crippen LogP contribution < -0.4 is 20.9 Å². The minimum atomic E-state index is -0.915. The smallest absolute Gasteiger partial charge is 0.250 e. The Labute approximate surface area is 227 Å². The number of anilines is 1. The SMILES string of the molecule is O=C(CN1C(=O)[C@H](NC(=O)[C@@H]2CCC(=O)N2)[C@@H](c2ccccc2)Cc2ccccc21)NCCc1ccccc1. The number of amides is 4. The Hall–Kier alpha value is -4.46. The number of nitrogens with one attached hydrogen (secondary N) is 3. The fraction of sp³-hybridized carbons (Fsp3) is 0.290. The second-order valence-electron chi connectivity index (χ2n) is 10.0. The lowest BCUT2D eigenvalue weighted by Crippen LogP contribution is -2.55. The molecule has 0 aromatic heterocycles. The van der Waals surface area contributed by atoms with Gasteiger partial charge >= 0.3 is 0 Å². The van der Waals surface area contributed by atoms with Crippen molar-refractivity contribution in [1.82, 2.24) is 16.0 Å². The Morgan fingerprint density at radius 1 is 0.897 bits per heavy atom. The van der Waals surface area contributed by atoms with Crippen LogP contribution in [0.5, 0.6) is 0 Å². The van der Waals surface area contributed by atoms with Crippen LogP contribution in [0, 0.1) is 0 Å². The second-order valence-corrected chi connectivity index (χ2v) is 10.0. The van der Waals surface area contributed by atoms with Gasteiger partial charge in [-0.2, -0.15) is 0 Å². The fourth-order valence-electron chi connectivity index (χ4n) is 5.35. The standard InChI is InChI=1S/C31H32N4O4/c36-27-16-15-25(33-27)30(38)34-29-24(22-11-5-2-6-12-22)19-23-13-7-8-14-26(23)35(31(29)39)20-28(37)32-18-17-21-9-3-1-4-10-21/h1-14,24-25,29H,15-20H2,(H,32,37)(H,33,36)(H,34,38)/t24-,25+,29-/m1/s1. The Morgan fingerprint density at radius 2 is 1.59 bits per heavy atom. The molecule has 0 aliphatic carbocycles. The molecular formula is C31H32N4O4. The maximum atomic E-state index is 14.2. The summed E-state index contributed by atoms with van der Waals surface area (Å²) >= 11 is 0. The van der Waals surface area contributed by atoms with E-state index >= 15 is 0 Å². The molecule has 0 spiro atoms. The molecule has 4 amide bonds. The first-order valence-corrected chi connectivity index (χ1v) is 13.3. The highest BCUT2D eigenvalue weighted by atomic mass is 16.2. The van der Waals surface area contributed by atoms with Gasteiger partial charge in [0.05, 0.1) is 0 Å². The van der Waals surface area contributed by atoms with E-state index < -0.39 is 18.0 Å². The van der Waals surface area contributed by atoms with Crippen LogP contribution in [0.4, 0.5) is 5.69 Å². The van der Waals surface area contributed by atoms with Crippen LogP contribution in [-0.4, -0.2) is 48.8 Å². The van der Waals surface area contributed by atoms with Crippen molar-refractivity contribution < 1.29 is 19.2 Å².